The standard InChI is InChI=1S/C19H38O4/c1-2-12-17(20)15-16-18(21)13-10-8-6-4-3-5-7-9-11-14-19(22)23/h17-18,20-21H,2-16H2,1H3,(H,22,23). The van der Waals surface area contributed by atoms with E-state index in [2.05, 4.69) is 6.92 Å². The molecule has 3 N–H and O–H groups in total. The minimum Gasteiger partial charge on any atom is -0.481 e. The second-order valence-electron chi connectivity index (χ2n) is 6.79. The smallest absolute Gasteiger partial charge is 0.303 e. The first-order chi connectivity index (χ1) is 11.1. The summed E-state index contributed by atoms with van der Waals surface area (Å²) in [5.41, 5.74) is 0. The van der Waals surface area contributed by atoms with Gasteiger partial charge < -0.3 is 15.3 Å². The van der Waals surface area contributed by atoms with Crippen molar-refractivity contribution < 1.29 is 20.1 Å². The number of aliphatic carboxylic acids is 1. The molecule has 2 unspecified atom stereocenters. The Bertz CT molecular complexity index is 268. The highest BCUT2D eigenvalue weighted by atomic mass is 16.4. The van der Waals surface area contributed by atoms with E-state index in [1.54, 1.807) is 0 Å². The molecule has 0 amide bonds. The molecule has 0 bridgehead atoms. The first kappa shape index (κ1) is 22.4. The molecule has 4 nitrogen and oxygen atoms in total. The SMILES string of the molecule is CCCC(O)CCC(O)CCCCCCCCCCCC(=O)O. The number of carboxylic acids is 1. The largest absolute Gasteiger partial charge is 0.481 e. The monoisotopic (exact) mass is 330 g/mol. The molecule has 2 atom stereocenters. The van der Waals surface area contributed by atoms with Crippen LogP contribution in [0.1, 0.15) is 103 Å². The summed E-state index contributed by atoms with van der Waals surface area (Å²) in [5.74, 6) is -0.688. The number of carboxylic acid groups (broad SMARTS) is 1. The summed E-state index contributed by atoms with van der Waals surface area (Å²) in [6.07, 6.45) is 14.1. The van der Waals surface area contributed by atoms with Crippen molar-refractivity contribution in [2.24, 2.45) is 0 Å². The molecule has 0 aromatic heterocycles. The molecular formula is C19H38O4. The zero-order valence-corrected chi connectivity index (χ0v) is 15.0. The molecule has 0 saturated carbocycles. The molecule has 23 heavy (non-hydrogen) atoms. The molecule has 0 heterocycles. The number of carbonyl (C=O) groups is 1. The second-order valence-corrected chi connectivity index (χ2v) is 6.79. The maximum Gasteiger partial charge on any atom is 0.303 e. The van der Waals surface area contributed by atoms with Crippen LogP contribution in [0.15, 0.2) is 0 Å². The molecule has 0 fully saturated rings. The Kier molecular flexibility index (Phi) is 15.8. The minimum atomic E-state index is -0.688. The summed E-state index contributed by atoms with van der Waals surface area (Å²) in [7, 11) is 0. The minimum absolute atomic E-state index is 0.245. The van der Waals surface area contributed by atoms with E-state index in [0.29, 0.717) is 6.42 Å². The molecule has 0 saturated heterocycles. The number of hydrogen-bond acceptors (Lipinski definition) is 3. The van der Waals surface area contributed by atoms with Gasteiger partial charge in [-0.25, -0.2) is 0 Å². The van der Waals surface area contributed by atoms with Gasteiger partial charge in [-0.05, 0) is 32.1 Å². The number of unbranched alkanes of at least 4 members (excludes halogenated alkanes) is 8. The lowest BCUT2D eigenvalue weighted by atomic mass is 10.0. The summed E-state index contributed by atoms with van der Waals surface area (Å²) in [6.45, 7) is 2.07. The number of rotatable bonds is 17. The molecule has 0 rings (SSSR count). The van der Waals surface area contributed by atoms with Crippen LogP contribution >= 0.6 is 0 Å². The summed E-state index contributed by atoms with van der Waals surface area (Å²) in [5, 5.41) is 28.0. The molecule has 0 aliphatic carbocycles. The van der Waals surface area contributed by atoms with Crippen molar-refractivity contribution in [2.45, 2.75) is 115 Å². The molecule has 138 valence electrons. The van der Waals surface area contributed by atoms with Crippen LogP contribution in [0.25, 0.3) is 0 Å². The van der Waals surface area contributed by atoms with Crippen molar-refractivity contribution in [1.82, 2.24) is 0 Å². The maximum atomic E-state index is 10.4. The zero-order valence-electron chi connectivity index (χ0n) is 15.0. The van der Waals surface area contributed by atoms with Crippen LogP contribution in [0.3, 0.4) is 0 Å². The summed E-state index contributed by atoms with van der Waals surface area (Å²) < 4.78 is 0. The van der Waals surface area contributed by atoms with Crippen LogP contribution < -0.4 is 0 Å². The van der Waals surface area contributed by atoms with Crippen molar-refractivity contribution >= 4 is 5.97 Å². The summed E-state index contributed by atoms with van der Waals surface area (Å²) >= 11 is 0. The van der Waals surface area contributed by atoms with Gasteiger partial charge in [-0.2, -0.15) is 0 Å². The number of hydrogen-bond donors (Lipinski definition) is 3. The molecule has 0 spiro atoms. The van der Waals surface area contributed by atoms with Crippen LogP contribution in [0.4, 0.5) is 0 Å². The predicted molar refractivity (Wildman–Crippen MR) is 94.6 cm³/mol. The van der Waals surface area contributed by atoms with Gasteiger partial charge in [0.05, 0.1) is 12.2 Å². The lowest BCUT2D eigenvalue weighted by molar-refractivity contribution is -0.137. The average molecular weight is 331 g/mol. The van der Waals surface area contributed by atoms with Gasteiger partial charge >= 0.3 is 5.97 Å². The van der Waals surface area contributed by atoms with E-state index in [0.717, 1.165) is 57.8 Å². The van der Waals surface area contributed by atoms with Gasteiger partial charge in [0.25, 0.3) is 0 Å². The van der Waals surface area contributed by atoms with E-state index in [4.69, 9.17) is 5.11 Å². The van der Waals surface area contributed by atoms with Crippen LogP contribution in [0.2, 0.25) is 0 Å². The number of aliphatic hydroxyl groups excluding tert-OH is 2. The van der Waals surface area contributed by atoms with Crippen LogP contribution in [-0.2, 0) is 4.79 Å². The Hall–Kier alpha value is -0.610. The van der Waals surface area contributed by atoms with Crippen LogP contribution in [-0.4, -0.2) is 33.5 Å². The fraction of sp³-hybridized carbons (Fsp3) is 0.947. The van der Waals surface area contributed by atoms with Crippen LogP contribution in [0.5, 0.6) is 0 Å². The van der Waals surface area contributed by atoms with Gasteiger partial charge in [-0.15, -0.1) is 0 Å². The Morgan fingerprint density at radius 1 is 0.696 bits per heavy atom. The van der Waals surface area contributed by atoms with E-state index >= 15 is 0 Å². The third-order valence-electron chi connectivity index (χ3n) is 4.38. The van der Waals surface area contributed by atoms with Gasteiger partial charge in [0.15, 0.2) is 0 Å². The Balaban J connectivity index is 3.21. The first-order valence-electron chi connectivity index (χ1n) is 9.64. The highest BCUT2D eigenvalue weighted by molar-refractivity contribution is 5.66. The lowest BCUT2D eigenvalue weighted by Gasteiger charge is -2.13. The van der Waals surface area contributed by atoms with E-state index in [-0.39, 0.29) is 12.2 Å². The van der Waals surface area contributed by atoms with Gasteiger partial charge in [0, 0.05) is 6.42 Å². The third-order valence-corrected chi connectivity index (χ3v) is 4.38. The van der Waals surface area contributed by atoms with Gasteiger partial charge in [0.2, 0.25) is 0 Å². The topological polar surface area (TPSA) is 77.8 Å². The van der Waals surface area contributed by atoms with Gasteiger partial charge in [-0.1, -0.05) is 64.7 Å². The second kappa shape index (κ2) is 16.3. The van der Waals surface area contributed by atoms with E-state index in [1.807, 2.05) is 0 Å². The van der Waals surface area contributed by atoms with Gasteiger partial charge in [-0.3, -0.25) is 4.79 Å². The highest BCUT2D eigenvalue weighted by Crippen LogP contribution is 2.14. The van der Waals surface area contributed by atoms with Crippen LogP contribution in [0, 0.1) is 0 Å². The fourth-order valence-electron chi connectivity index (χ4n) is 2.90. The summed E-state index contributed by atoms with van der Waals surface area (Å²) in [6, 6.07) is 0. The molecule has 0 radical (unpaired) electrons. The van der Waals surface area contributed by atoms with Crippen molar-refractivity contribution in [3.8, 4) is 0 Å². The van der Waals surface area contributed by atoms with Gasteiger partial charge in [0.1, 0.15) is 0 Å². The van der Waals surface area contributed by atoms with E-state index in [9.17, 15) is 15.0 Å². The molecule has 0 aromatic carbocycles. The lowest BCUT2D eigenvalue weighted by Crippen LogP contribution is -2.13. The Morgan fingerprint density at radius 2 is 1.13 bits per heavy atom. The normalized spacial score (nSPS) is 13.9. The van der Waals surface area contributed by atoms with Crippen molar-refractivity contribution in [3.05, 3.63) is 0 Å². The van der Waals surface area contributed by atoms with E-state index in [1.165, 1.54) is 32.1 Å². The quantitative estimate of drug-likeness (QED) is 0.339. The molecular weight excluding hydrogens is 292 g/mol. The fourth-order valence-corrected chi connectivity index (χ4v) is 2.90. The van der Waals surface area contributed by atoms with Crippen molar-refractivity contribution in [3.63, 3.8) is 0 Å². The van der Waals surface area contributed by atoms with Crippen molar-refractivity contribution in [1.29, 1.82) is 0 Å². The molecule has 0 aliphatic heterocycles. The Labute approximate surface area is 142 Å². The first-order valence-corrected chi connectivity index (χ1v) is 9.64. The molecule has 0 aliphatic rings. The molecule has 4 heteroatoms. The predicted octanol–water partition coefficient (Wildman–Crippen LogP) is 4.66. The Morgan fingerprint density at radius 3 is 1.61 bits per heavy atom. The summed E-state index contributed by atoms with van der Waals surface area (Å²) in [4.78, 5) is 10.4. The third kappa shape index (κ3) is 17.6. The maximum absolute atomic E-state index is 10.4. The number of aliphatic hydroxyl groups is 2. The zero-order chi connectivity index (χ0) is 17.3. The van der Waals surface area contributed by atoms with Crippen molar-refractivity contribution in [2.75, 3.05) is 0 Å². The van der Waals surface area contributed by atoms with E-state index < -0.39 is 5.97 Å². The molecule has 0 aromatic rings. The average Bonchev–Trinajstić information content (AvgIpc) is 2.50. The highest BCUT2D eigenvalue weighted by Gasteiger charge is 2.08.